The lowest BCUT2D eigenvalue weighted by atomic mass is 9.90. The van der Waals surface area contributed by atoms with Crippen LogP contribution >= 0.6 is 0 Å². The van der Waals surface area contributed by atoms with Gasteiger partial charge in [0, 0.05) is 18.3 Å². The van der Waals surface area contributed by atoms with Crippen molar-refractivity contribution in [2.24, 2.45) is 5.92 Å². The summed E-state index contributed by atoms with van der Waals surface area (Å²) in [5.41, 5.74) is 1.21. The van der Waals surface area contributed by atoms with Crippen LogP contribution in [0.1, 0.15) is 65.7 Å². The summed E-state index contributed by atoms with van der Waals surface area (Å²) in [7, 11) is 0. The summed E-state index contributed by atoms with van der Waals surface area (Å²) in [6, 6.07) is 1.08. The van der Waals surface area contributed by atoms with Gasteiger partial charge in [0.25, 0.3) is 0 Å². The Balaban J connectivity index is 2.14. The minimum absolute atomic E-state index is 0.536. The molecule has 0 aromatic rings. The molecule has 1 rings (SSSR count). The third-order valence-electron chi connectivity index (χ3n) is 4.48. The van der Waals surface area contributed by atoms with E-state index in [1.54, 1.807) is 0 Å². The van der Waals surface area contributed by atoms with Gasteiger partial charge in [-0.3, -0.25) is 0 Å². The molecule has 0 radical (unpaired) electrons. The Labute approximate surface area is 131 Å². The lowest BCUT2D eigenvalue weighted by Gasteiger charge is -2.24. The van der Waals surface area contributed by atoms with Gasteiger partial charge in [-0.25, -0.2) is 0 Å². The van der Waals surface area contributed by atoms with Crippen molar-refractivity contribution in [3.05, 3.63) is 24.7 Å². The van der Waals surface area contributed by atoms with E-state index in [1.807, 2.05) is 0 Å². The van der Waals surface area contributed by atoms with E-state index in [-0.39, 0.29) is 0 Å². The second-order valence-corrected chi connectivity index (χ2v) is 6.41. The Morgan fingerprint density at radius 3 is 2.67 bits per heavy atom. The summed E-state index contributed by atoms with van der Waals surface area (Å²) >= 11 is 0. The van der Waals surface area contributed by atoms with Gasteiger partial charge < -0.3 is 16.0 Å². The zero-order valence-electron chi connectivity index (χ0n) is 14.3. The van der Waals surface area contributed by atoms with Crippen LogP contribution in [0, 0.1) is 5.92 Å². The second-order valence-electron chi connectivity index (χ2n) is 6.41. The third-order valence-corrected chi connectivity index (χ3v) is 4.48. The highest BCUT2D eigenvalue weighted by molar-refractivity contribution is 5.06. The SMILES string of the molecule is C=C(CCCCC(C)C1NC(=C)NC1CC)NCCCC. The molecule has 3 unspecified atom stereocenters. The lowest BCUT2D eigenvalue weighted by Crippen LogP contribution is -2.38. The Morgan fingerprint density at radius 2 is 2.00 bits per heavy atom. The number of hydrogen-bond donors (Lipinski definition) is 3. The molecule has 1 aliphatic heterocycles. The number of unbranched alkanes of at least 4 members (excludes halogenated alkanes) is 2. The Hall–Kier alpha value is -1.12. The van der Waals surface area contributed by atoms with Gasteiger partial charge in [0.1, 0.15) is 0 Å². The highest BCUT2D eigenvalue weighted by Crippen LogP contribution is 2.22. The minimum Gasteiger partial charge on any atom is -0.389 e. The summed E-state index contributed by atoms with van der Waals surface area (Å²) < 4.78 is 0. The molecule has 0 bridgehead atoms. The molecule has 3 nitrogen and oxygen atoms in total. The minimum atomic E-state index is 0.536. The van der Waals surface area contributed by atoms with E-state index in [0.29, 0.717) is 18.0 Å². The molecule has 0 saturated carbocycles. The van der Waals surface area contributed by atoms with Crippen LogP contribution in [0.15, 0.2) is 24.7 Å². The molecule has 3 heteroatoms. The quantitative estimate of drug-likeness (QED) is 0.506. The van der Waals surface area contributed by atoms with Crippen LogP contribution in [0.3, 0.4) is 0 Å². The van der Waals surface area contributed by atoms with Crippen LogP contribution in [0.25, 0.3) is 0 Å². The monoisotopic (exact) mass is 293 g/mol. The molecule has 3 atom stereocenters. The molecule has 21 heavy (non-hydrogen) atoms. The van der Waals surface area contributed by atoms with Crippen molar-refractivity contribution in [1.29, 1.82) is 0 Å². The fourth-order valence-electron chi connectivity index (χ4n) is 3.07. The van der Waals surface area contributed by atoms with Gasteiger partial charge in [-0.1, -0.05) is 46.8 Å². The third kappa shape index (κ3) is 6.45. The van der Waals surface area contributed by atoms with E-state index in [4.69, 9.17) is 0 Å². The van der Waals surface area contributed by atoms with E-state index in [0.717, 1.165) is 25.2 Å². The molecule has 1 aliphatic rings. The zero-order chi connectivity index (χ0) is 15.7. The first-order chi connectivity index (χ1) is 10.1. The van der Waals surface area contributed by atoms with Crippen LogP contribution in [-0.4, -0.2) is 18.6 Å². The van der Waals surface area contributed by atoms with Gasteiger partial charge in [-0.05, 0) is 38.0 Å². The predicted molar refractivity (Wildman–Crippen MR) is 93.0 cm³/mol. The summed E-state index contributed by atoms with van der Waals surface area (Å²) in [5, 5.41) is 10.4. The van der Waals surface area contributed by atoms with Crippen LogP contribution < -0.4 is 16.0 Å². The van der Waals surface area contributed by atoms with Crippen LogP contribution in [0.4, 0.5) is 0 Å². The summed E-state index contributed by atoms with van der Waals surface area (Å²) in [6.45, 7) is 16.0. The average Bonchev–Trinajstić information content (AvgIpc) is 2.85. The summed E-state index contributed by atoms with van der Waals surface area (Å²) in [4.78, 5) is 0. The number of hydrogen-bond acceptors (Lipinski definition) is 3. The van der Waals surface area contributed by atoms with E-state index >= 15 is 0 Å². The molecule has 3 N–H and O–H groups in total. The molecule has 0 spiro atoms. The average molecular weight is 293 g/mol. The van der Waals surface area contributed by atoms with Gasteiger partial charge in [0.15, 0.2) is 0 Å². The van der Waals surface area contributed by atoms with Crippen molar-refractivity contribution < 1.29 is 0 Å². The molecule has 1 heterocycles. The molecule has 1 fully saturated rings. The molecule has 1 saturated heterocycles. The topological polar surface area (TPSA) is 36.1 Å². The number of rotatable bonds is 11. The van der Waals surface area contributed by atoms with Gasteiger partial charge in [-0.15, -0.1) is 0 Å². The Morgan fingerprint density at radius 1 is 1.24 bits per heavy atom. The fraction of sp³-hybridized carbons (Fsp3) is 0.778. The highest BCUT2D eigenvalue weighted by atomic mass is 15.2. The van der Waals surface area contributed by atoms with Crippen LogP contribution in [0.2, 0.25) is 0 Å². The highest BCUT2D eigenvalue weighted by Gasteiger charge is 2.30. The molecule has 0 aromatic carbocycles. The van der Waals surface area contributed by atoms with E-state index in [2.05, 4.69) is 49.9 Å². The molecule has 0 aliphatic carbocycles. The van der Waals surface area contributed by atoms with Crippen molar-refractivity contribution in [1.82, 2.24) is 16.0 Å². The van der Waals surface area contributed by atoms with Crippen LogP contribution in [-0.2, 0) is 0 Å². The summed E-state index contributed by atoms with van der Waals surface area (Å²) in [5.74, 6) is 1.68. The standard InChI is InChI=1S/C18H35N3/c1-6-8-13-19-15(4)12-10-9-11-14(3)18-17(7-2)20-16(5)21-18/h14,17-21H,4-13H2,1-3H3. The van der Waals surface area contributed by atoms with Crippen molar-refractivity contribution >= 4 is 0 Å². The molecule has 0 aromatic heterocycles. The first-order valence-electron chi connectivity index (χ1n) is 8.72. The lowest BCUT2D eigenvalue weighted by molar-refractivity contribution is 0.343. The normalized spacial score (nSPS) is 22.5. The maximum Gasteiger partial charge on any atom is 0.0918 e. The second kappa shape index (κ2) is 9.75. The van der Waals surface area contributed by atoms with Crippen molar-refractivity contribution in [3.63, 3.8) is 0 Å². The molecule has 122 valence electrons. The van der Waals surface area contributed by atoms with Gasteiger partial charge >= 0.3 is 0 Å². The first kappa shape index (κ1) is 17.9. The number of nitrogens with one attached hydrogen (secondary N) is 3. The smallest absolute Gasteiger partial charge is 0.0918 e. The Bertz CT molecular complexity index is 324. The maximum absolute atomic E-state index is 4.11. The molecular formula is C18H35N3. The molecular weight excluding hydrogens is 258 g/mol. The van der Waals surface area contributed by atoms with E-state index in [1.165, 1.54) is 37.8 Å². The van der Waals surface area contributed by atoms with E-state index in [9.17, 15) is 0 Å². The first-order valence-corrected chi connectivity index (χ1v) is 8.72. The van der Waals surface area contributed by atoms with Gasteiger partial charge in [0.2, 0.25) is 0 Å². The van der Waals surface area contributed by atoms with Crippen molar-refractivity contribution in [2.75, 3.05) is 6.54 Å². The van der Waals surface area contributed by atoms with Crippen molar-refractivity contribution in [3.8, 4) is 0 Å². The maximum atomic E-state index is 4.11. The summed E-state index contributed by atoms with van der Waals surface area (Å²) in [6.07, 6.45) is 8.51. The predicted octanol–water partition coefficient (Wildman–Crippen LogP) is 3.90. The number of allylic oxidation sites excluding steroid dienone is 1. The van der Waals surface area contributed by atoms with E-state index < -0.39 is 0 Å². The largest absolute Gasteiger partial charge is 0.389 e. The van der Waals surface area contributed by atoms with Crippen molar-refractivity contribution in [2.45, 2.75) is 77.8 Å². The fourth-order valence-corrected chi connectivity index (χ4v) is 3.07. The van der Waals surface area contributed by atoms with Crippen LogP contribution in [0.5, 0.6) is 0 Å². The zero-order valence-corrected chi connectivity index (χ0v) is 14.3. The Kier molecular flexibility index (Phi) is 8.33. The molecule has 0 amide bonds. The van der Waals surface area contributed by atoms with Gasteiger partial charge in [-0.2, -0.15) is 0 Å². The van der Waals surface area contributed by atoms with Gasteiger partial charge in [0.05, 0.1) is 11.9 Å².